The summed E-state index contributed by atoms with van der Waals surface area (Å²) in [6.07, 6.45) is -3.72. The van der Waals surface area contributed by atoms with E-state index < -0.39 is 34.2 Å². The van der Waals surface area contributed by atoms with Crippen LogP contribution in [-0.4, -0.2) is 75.0 Å². The molecule has 0 aliphatic carbocycles. The average molecular weight is 526 g/mol. The molecule has 0 amide bonds. The number of nitrogens with zero attached hydrogens (tertiary/aromatic N) is 1. The molecule has 0 bridgehead atoms. The first-order valence-electron chi connectivity index (χ1n) is 9.97. The lowest BCUT2D eigenvalue weighted by Crippen LogP contribution is -2.49. The quantitative estimate of drug-likeness (QED) is 0.410. The topological polar surface area (TPSA) is 121 Å². The summed E-state index contributed by atoms with van der Waals surface area (Å²) in [5, 5.41) is 16.2. The number of alkyl halides is 3. The van der Waals surface area contributed by atoms with Gasteiger partial charge in [-0.15, -0.1) is 11.3 Å². The van der Waals surface area contributed by atoms with Gasteiger partial charge in [-0.25, -0.2) is 17.9 Å². The molecule has 2 aromatic rings. The molecule has 34 heavy (non-hydrogen) atoms. The van der Waals surface area contributed by atoms with Gasteiger partial charge in [0.25, 0.3) is 10.0 Å². The molecule has 0 radical (unpaired) electrons. The molecule has 2 rings (SSSR count). The number of carboxylic acids is 2. The fraction of sp³-hybridized carbons (Fsp3) is 0.429. The van der Waals surface area contributed by atoms with Crippen LogP contribution in [0.1, 0.15) is 16.9 Å². The van der Waals surface area contributed by atoms with Gasteiger partial charge in [-0.2, -0.15) is 13.2 Å². The zero-order valence-corrected chi connectivity index (χ0v) is 20.5. The van der Waals surface area contributed by atoms with E-state index in [9.17, 15) is 26.4 Å². The average Bonchev–Trinajstić information content (AvgIpc) is 3.15. The fourth-order valence-corrected chi connectivity index (χ4v) is 5.44. The standard InChI is InChI=1S/C19H26N2O4S2.C2HF3O2/c1-21(2,3)14-16(13-18(22)23)20-27(24,25)19-12-11-17(26-19)10-9-15-7-5-4-6-8-15;3-2(4,5)1(6)7/h4-8,11-12,16,20H,9-10,13-14H2,1-3H3;(H,6,7)/p+1/t16-;/m1./s1. The van der Waals surface area contributed by atoms with Gasteiger partial charge in [-0.3, -0.25) is 4.79 Å². The predicted octanol–water partition coefficient (Wildman–Crippen LogP) is 2.99. The van der Waals surface area contributed by atoms with Crippen molar-refractivity contribution in [1.82, 2.24) is 4.72 Å². The predicted molar refractivity (Wildman–Crippen MR) is 121 cm³/mol. The Labute approximate surface area is 200 Å². The van der Waals surface area contributed by atoms with Crippen LogP contribution >= 0.6 is 11.3 Å². The lowest BCUT2D eigenvalue weighted by molar-refractivity contribution is -0.871. The van der Waals surface area contributed by atoms with Gasteiger partial charge in [0.15, 0.2) is 0 Å². The fourth-order valence-electron chi connectivity index (χ4n) is 2.84. The highest BCUT2D eigenvalue weighted by Crippen LogP contribution is 2.23. The van der Waals surface area contributed by atoms with Crippen molar-refractivity contribution in [2.75, 3.05) is 27.7 Å². The van der Waals surface area contributed by atoms with Crippen molar-refractivity contribution in [3.63, 3.8) is 0 Å². The first-order chi connectivity index (χ1) is 15.5. The minimum Gasteiger partial charge on any atom is -0.481 e. The van der Waals surface area contributed by atoms with Crippen LogP contribution in [0.25, 0.3) is 0 Å². The minimum atomic E-state index is -5.08. The van der Waals surface area contributed by atoms with Gasteiger partial charge >= 0.3 is 18.1 Å². The molecule has 13 heteroatoms. The Morgan fingerprint density at radius 2 is 1.59 bits per heavy atom. The molecule has 190 valence electrons. The number of aliphatic carboxylic acids is 2. The number of sulfonamides is 1. The molecule has 1 atom stereocenters. The van der Waals surface area contributed by atoms with E-state index in [-0.39, 0.29) is 10.6 Å². The largest absolute Gasteiger partial charge is 0.490 e. The molecular formula is C21H28F3N2O6S2+. The van der Waals surface area contributed by atoms with Gasteiger partial charge in [-0.05, 0) is 30.5 Å². The molecule has 8 nitrogen and oxygen atoms in total. The Morgan fingerprint density at radius 3 is 2.06 bits per heavy atom. The van der Waals surface area contributed by atoms with E-state index in [1.807, 2.05) is 57.5 Å². The van der Waals surface area contributed by atoms with Crippen LogP contribution in [0.3, 0.4) is 0 Å². The second-order valence-electron chi connectivity index (χ2n) is 8.40. The number of thiophene rings is 1. The third kappa shape index (κ3) is 11.6. The molecule has 0 aliphatic heterocycles. The monoisotopic (exact) mass is 525 g/mol. The number of carbonyl (C=O) groups is 2. The summed E-state index contributed by atoms with van der Waals surface area (Å²) in [5.74, 6) is -3.78. The molecule has 1 heterocycles. The van der Waals surface area contributed by atoms with Crippen LogP contribution in [0.15, 0.2) is 46.7 Å². The first-order valence-corrected chi connectivity index (χ1v) is 12.3. The number of aryl methyl sites for hydroxylation is 2. The highest BCUT2D eigenvalue weighted by Gasteiger charge is 2.38. The van der Waals surface area contributed by atoms with E-state index in [0.29, 0.717) is 11.0 Å². The summed E-state index contributed by atoms with van der Waals surface area (Å²) in [4.78, 5) is 21.0. The molecule has 0 aliphatic rings. The molecule has 0 fully saturated rings. The molecule has 0 spiro atoms. The van der Waals surface area contributed by atoms with Gasteiger partial charge in [0.05, 0.1) is 40.2 Å². The van der Waals surface area contributed by atoms with Crippen LogP contribution in [0.5, 0.6) is 0 Å². The normalized spacial score (nSPS) is 13.0. The van der Waals surface area contributed by atoms with Crippen LogP contribution < -0.4 is 4.72 Å². The third-order valence-electron chi connectivity index (χ3n) is 4.16. The Hall–Kier alpha value is -2.48. The Bertz CT molecular complexity index is 1050. The smallest absolute Gasteiger partial charge is 0.481 e. The number of hydrogen-bond acceptors (Lipinski definition) is 5. The lowest BCUT2D eigenvalue weighted by Gasteiger charge is -2.28. The van der Waals surface area contributed by atoms with Gasteiger partial charge in [0, 0.05) is 4.88 Å². The maximum absolute atomic E-state index is 12.7. The summed E-state index contributed by atoms with van der Waals surface area (Å²) in [5.41, 5.74) is 1.21. The molecule has 1 aromatic heterocycles. The lowest BCUT2D eigenvalue weighted by atomic mass is 10.1. The van der Waals surface area contributed by atoms with Gasteiger partial charge < -0.3 is 14.7 Å². The van der Waals surface area contributed by atoms with Crippen molar-refractivity contribution in [3.05, 3.63) is 52.9 Å². The van der Waals surface area contributed by atoms with E-state index in [0.717, 1.165) is 17.7 Å². The number of quaternary nitrogens is 1. The van der Waals surface area contributed by atoms with Crippen LogP contribution in [-0.2, 0) is 32.5 Å². The summed E-state index contributed by atoms with van der Waals surface area (Å²) >= 11 is 1.23. The van der Waals surface area contributed by atoms with Crippen molar-refractivity contribution in [2.24, 2.45) is 0 Å². The summed E-state index contributed by atoms with van der Waals surface area (Å²) in [6.45, 7) is 0.387. The second kappa shape index (κ2) is 12.3. The van der Waals surface area contributed by atoms with Crippen molar-refractivity contribution < 1.29 is 45.9 Å². The maximum Gasteiger partial charge on any atom is 0.490 e. The number of hydrogen-bond donors (Lipinski definition) is 3. The Balaban J connectivity index is 0.000000718. The highest BCUT2D eigenvalue weighted by atomic mass is 32.2. The third-order valence-corrected chi connectivity index (χ3v) is 7.32. The first kappa shape index (κ1) is 29.6. The summed E-state index contributed by atoms with van der Waals surface area (Å²) in [7, 11) is 1.95. The maximum atomic E-state index is 12.7. The molecule has 0 saturated carbocycles. The van der Waals surface area contributed by atoms with E-state index in [1.165, 1.54) is 16.9 Å². The second-order valence-corrected chi connectivity index (χ2v) is 11.5. The number of nitrogens with one attached hydrogen (secondary N) is 1. The van der Waals surface area contributed by atoms with E-state index in [4.69, 9.17) is 15.0 Å². The van der Waals surface area contributed by atoms with Gasteiger partial charge in [0.2, 0.25) is 0 Å². The molecule has 0 unspecified atom stereocenters. The van der Waals surface area contributed by atoms with E-state index in [2.05, 4.69) is 4.72 Å². The number of carboxylic acid groups (broad SMARTS) is 2. The van der Waals surface area contributed by atoms with Crippen molar-refractivity contribution in [3.8, 4) is 0 Å². The van der Waals surface area contributed by atoms with Crippen molar-refractivity contribution in [2.45, 2.75) is 35.7 Å². The number of likely N-dealkylation sites (N-methyl/N-ethyl adjacent to an activating group) is 1. The molecule has 1 aromatic carbocycles. The van der Waals surface area contributed by atoms with Crippen molar-refractivity contribution >= 4 is 33.3 Å². The highest BCUT2D eigenvalue weighted by molar-refractivity contribution is 7.91. The summed E-state index contributed by atoms with van der Waals surface area (Å²) in [6, 6.07) is 12.8. The molecule has 3 N–H and O–H groups in total. The van der Waals surface area contributed by atoms with Gasteiger partial charge in [-0.1, -0.05) is 30.3 Å². The molecule has 0 saturated heterocycles. The van der Waals surface area contributed by atoms with Gasteiger partial charge in [0.1, 0.15) is 4.21 Å². The van der Waals surface area contributed by atoms with Crippen LogP contribution in [0.2, 0.25) is 0 Å². The number of halogens is 3. The van der Waals surface area contributed by atoms with Crippen molar-refractivity contribution in [1.29, 1.82) is 0 Å². The van der Waals surface area contributed by atoms with Crippen LogP contribution in [0, 0.1) is 0 Å². The SMILES string of the molecule is C[N+](C)(C)C[C@@H](CC(=O)O)NS(=O)(=O)c1ccc(CCc2ccccc2)s1.O=C(O)C(F)(F)F. The van der Waals surface area contributed by atoms with Crippen LogP contribution in [0.4, 0.5) is 13.2 Å². The molecular weight excluding hydrogens is 497 g/mol. The zero-order chi connectivity index (χ0) is 26.2. The Kier molecular flexibility index (Phi) is 10.7. The Morgan fingerprint density at radius 1 is 1.03 bits per heavy atom. The van der Waals surface area contributed by atoms with E-state index in [1.54, 1.807) is 6.07 Å². The minimum absolute atomic E-state index is 0.224. The summed E-state index contributed by atoms with van der Waals surface area (Å²) < 4.78 is 60.4. The zero-order valence-electron chi connectivity index (χ0n) is 18.9. The van der Waals surface area contributed by atoms with E-state index >= 15 is 0 Å². The number of rotatable bonds is 10. The number of benzene rings is 1.